The number of nitrogens with two attached hydrogens (primary N) is 1. The first-order chi connectivity index (χ1) is 10.2. The van der Waals surface area contributed by atoms with Crippen LogP contribution in [-0.4, -0.2) is 0 Å². The van der Waals surface area contributed by atoms with Gasteiger partial charge in [-0.15, -0.1) is 0 Å². The lowest BCUT2D eigenvalue weighted by Crippen LogP contribution is -2.29. The second-order valence-electron chi connectivity index (χ2n) is 5.54. The van der Waals surface area contributed by atoms with E-state index < -0.39 is 0 Å². The van der Waals surface area contributed by atoms with E-state index in [9.17, 15) is 0 Å². The van der Waals surface area contributed by atoms with Gasteiger partial charge in [0.25, 0.3) is 0 Å². The molecule has 0 aromatic heterocycles. The first-order valence-electron chi connectivity index (χ1n) is 7.20. The van der Waals surface area contributed by atoms with E-state index in [1.165, 1.54) is 24.8 Å². The Morgan fingerprint density at radius 3 is 2.52 bits per heavy atom. The molecular formula is C17H18Cl2N2. The molecule has 1 aliphatic carbocycles. The molecule has 2 nitrogen and oxygen atoms in total. The molecule has 0 saturated heterocycles. The van der Waals surface area contributed by atoms with Gasteiger partial charge >= 0.3 is 0 Å². The Kier molecular flexibility index (Phi) is 4.51. The minimum absolute atomic E-state index is 0.156. The molecule has 3 N–H and O–H groups in total. The quantitative estimate of drug-likeness (QED) is 0.626. The summed E-state index contributed by atoms with van der Waals surface area (Å²) in [6.07, 6.45) is 3.89. The van der Waals surface area contributed by atoms with Crippen LogP contribution >= 0.6 is 23.2 Å². The van der Waals surface area contributed by atoms with E-state index in [1.807, 2.05) is 12.1 Å². The Labute approximate surface area is 135 Å². The highest BCUT2D eigenvalue weighted by Crippen LogP contribution is 2.38. The zero-order chi connectivity index (χ0) is 14.8. The van der Waals surface area contributed by atoms with Gasteiger partial charge in [-0.1, -0.05) is 66.0 Å². The third kappa shape index (κ3) is 2.95. The number of nitrogens with one attached hydrogen (secondary N) is 1. The van der Waals surface area contributed by atoms with Crippen molar-refractivity contribution in [3.63, 3.8) is 0 Å². The van der Waals surface area contributed by atoms with Crippen LogP contribution in [0.2, 0.25) is 10.0 Å². The van der Waals surface area contributed by atoms with Gasteiger partial charge < -0.3 is 0 Å². The van der Waals surface area contributed by atoms with Gasteiger partial charge in [-0.3, -0.25) is 5.84 Å². The summed E-state index contributed by atoms with van der Waals surface area (Å²) in [5, 5.41) is 1.10. The van der Waals surface area contributed by atoms with Crippen LogP contribution in [0.4, 0.5) is 0 Å². The van der Waals surface area contributed by atoms with E-state index in [2.05, 4.69) is 29.7 Å². The summed E-state index contributed by atoms with van der Waals surface area (Å²) in [5.41, 5.74) is 6.27. The predicted molar refractivity (Wildman–Crippen MR) is 88.7 cm³/mol. The molecule has 0 bridgehead atoms. The van der Waals surface area contributed by atoms with Crippen LogP contribution in [0.15, 0.2) is 42.5 Å². The summed E-state index contributed by atoms with van der Waals surface area (Å²) in [4.78, 5) is 0. The standard InChI is InChI=1S/C17H18Cl2N2/c18-15-9-3-8-14(16(15)19)17(21-20)13-7-2-6-12(10-13)11-4-1-5-11/h2-3,6-11,17,21H,1,4-5,20H2. The zero-order valence-corrected chi connectivity index (χ0v) is 13.2. The minimum Gasteiger partial charge on any atom is -0.271 e. The van der Waals surface area contributed by atoms with Crippen LogP contribution in [0.1, 0.15) is 47.9 Å². The molecule has 0 heterocycles. The largest absolute Gasteiger partial charge is 0.271 e. The van der Waals surface area contributed by atoms with Crippen molar-refractivity contribution in [1.29, 1.82) is 0 Å². The van der Waals surface area contributed by atoms with E-state index in [4.69, 9.17) is 29.0 Å². The third-order valence-electron chi connectivity index (χ3n) is 4.28. The first-order valence-corrected chi connectivity index (χ1v) is 7.96. The maximum atomic E-state index is 6.33. The van der Waals surface area contributed by atoms with E-state index in [1.54, 1.807) is 6.07 Å². The summed E-state index contributed by atoms with van der Waals surface area (Å²) >= 11 is 12.4. The summed E-state index contributed by atoms with van der Waals surface area (Å²) in [5.74, 6) is 6.47. The topological polar surface area (TPSA) is 38.0 Å². The molecule has 1 atom stereocenters. The third-order valence-corrected chi connectivity index (χ3v) is 5.11. The lowest BCUT2D eigenvalue weighted by atomic mass is 9.79. The molecule has 2 aromatic rings. The van der Waals surface area contributed by atoms with E-state index in [0.717, 1.165) is 11.1 Å². The molecule has 1 fully saturated rings. The molecule has 3 rings (SSSR count). The Balaban J connectivity index is 1.97. The normalized spacial score (nSPS) is 16.5. The van der Waals surface area contributed by atoms with Crippen LogP contribution < -0.4 is 11.3 Å². The summed E-state index contributed by atoms with van der Waals surface area (Å²) in [7, 11) is 0. The van der Waals surface area contributed by atoms with Gasteiger partial charge in [0, 0.05) is 0 Å². The predicted octanol–water partition coefficient (Wildman–Crippen LogP) is 4.81. The van der Waals surface area contributed by atoms with Crippen molar-refractivity contribution in [3.05, 3.63) is 69.2 Å². The summed E-state index contributed by atoms with van der Waals surface area (Å²) in [6.45, 7) is 0. The molecule has 0 aliphatic heterocycles. The molecule has 1 unspecified atom stereocenters. The van der Waals surface area contributed by atoms with Crippen molar-refractivity contribution in [3.8, 4) is 0 Å². The molecule has 0 radical (unpaired) electrons. The molecule has 21 heavy (non-hydrogen) atoms. The zero-order valence-electron chi connectivity index (χ0n) is 11.7. The van der Waals surface area contributed by atoms with Crippen molar-refractivity contribution in [2.75, 3.05) is 0 Å². The van der Waals surface area contributed by atoms with Crippen molar-refractivity contribution in [1.82, 2.24) is 5.43 Å². The van der Waals surface area contributed by atoms with Gasteiger partial charge in [0.15, 0.2) is 0 Å². The van der Waals surface area contributed by atoms with Gasteiger partial charge in [-0.25, -0.2) is 5.43 Å². The van der Waals surface area contributed by atoms with Crippen molar-refractivity contribution in [2.45, 2.75) is 31.2 Å². The number of hydrogen-bond donors (Lipinski definition) is 2. The number of rotatable bonds is 4. The Morgan fingerprint density at radius 2 is 1.86 bits per heavy atom. The van der Waals surface area contributed by atoms with Crippen molar-refractivity contribution >= 4 is 23.2 Å². The smallest absolute Gasteiger partial charge is 0.0725 e. The summed E-state index contributed by atoms with van der Waals surface area (Å²) < 4.78 is 0. The second kappa shape index (κ2) is 6.37. The molecule has 1 saturated carbocycles. The van der Waals surface area contributed by atoms with Crippen molar-refractivity contribution in [2.24, 2.45) is 5.84 Å². The van der Waals surface area contributed by atoms with Crippen LogP contribution in [-0.2, 0) is 0 Å². The van der Waals surface area contributed by atoms with Gasteiger partial charge in [0.05, 0.1) is 16.1 Å². The van der Waals surface area contributed by atoms with Gasteiger partial charge in [0.2, 0.25) is 0 Å². The fourth-order valence-electron chi connectivity index (χ4n) is 2.84. The molecule has 2 aromatic carbocycles. The molecule has 0 amide bonds. The highest BCUT2D eigenvalue weighted by molar-refractivity contribution is 6.42. The number of benzene rings is 2. The maximum absolute atomic E-state index is 6.33. The fourth-order valence-corrected chi connectivity index (χ4v) is 3.26. The average Bonchev–Trinajstić information content (AvgIpc) is 2.43. The molecule has 110 valence electrons. The molecule has 4 heteroatoms. The first kappa shape index (κ1) is 14.9. The van der Waals surface area contributed by atoms with Gasteiger partial charge in [0.1, 0.15) is 0 Å². The van der Waals surface area contributed by atoms with Gasteiger partial charge in [-0.2, -0.15) is 0 Å². The second-order valence-corrected chi connectivity index (χ2v) is 6.33. The Hall–Kier alpha value is -1.06. The monoisotopic (exact) mass is 320 g/mol. The number of halogens is 2. The molecular weight excluding hydrogens is 303 g/mol. The highest BCUT2D eigenvalue weighted by Gasteiger charge is 2.22. The fraction of sp³-hybridized carbons (Fsp3) is 0.294. The highest BCUT2D eigenvalue weighted by atomic mass is 35.5. The lowest BCUT2D eigenvalue weighted by molar-refractivity contribution is 0.419. The minimum atomic E-state index is -0.156. The van der Waals surface area contributed by atoms with E-state index >= 15 is 0 Å². The lowest BCUT2D eigenvalue weighted by Gasteiger charge is -2.27. The van der Waals surface area contributed by atoms with E-state index in [0.29, 0.717) is 16.0 Å². The van der Waals surface area contributed by atoms with Crippen molar-refractivity contribution < 1.29 is 0 Å². The van der Waals surface area contributed by atoms with Gasteiger partial charge in [-0.05, 0) is 41.5 Å². The van der Waals surface area contributed by atoms with Crippen LogP contribution in [0.25, 0.3) is 0 Å². The SMILES string of the molecule is NNC(c1cccc(C2CCC2)c1)c1cccc(Cl)c1Cl. The molecule has 0 spiro atoms. The Bertz CT molecular complexity index is 638. The average molecular weight is 321 g/mol. The summed E-state index contributed by atoms with van der Waals surface area (Å²) in [6, 6.07) is 14.1. The van der Waals surface area contributed by atoms with Crippen LogP contribution in [0.3, 0.4) is 0 Å². The molecule has 1 aliphatic rings. The number of hydrazine groups is 1. The maximum Gasteiger partial charge on any atom is 0.0725 e. The van der Waals surface area contributed by atoms with Crippen LogP contribution in [0.5, 0.6) is 0 Å². The van der Waals surface area contributed by atoms with E-state index in [-0.39, 0.29) is 6.04 Å². The number of hydrogen-bond acceptors (Lipinski definition) is 2. The Morgan fingerprint density at radius 1 is 1.10 bits per heavy atom. The van der Waals surface area contributed by atoms with Crippen LogP contribution in [0, 0.1) is 0 Å².